The lowest BCUT2D eigenvalue weighted by molar-refractivity contribution is -0.167. The molecule has 0 amide bonds. The van der Waals surface area contributed by atoms with Gasteiger partial charge in [0.2, 0.25) is 0 Å². The third-order valence-corrected chi connectivity index (χ3v) is 3.39. The molecule has 1 aromatic rings. The quantitative estimate of drug-likeness (QED) is 0.724. The molecule has 0 spiro atoms. The van der Waals surface area contributed by atoms with E-state index in [-0.39, 0.29) is 6.61 Å². The molecule has 0 heterocycles. The molecule has 0 aliphatic carbocycles. The Hall–Kier alpha value is -1.84. The second kappa shape index (κ2) is 8.57. The van der Waals surface area contributed by atoms with E-state index in [0.29, 0.717) is 5.92 Å². The molecule has 0 radical (unpaired) electrons. The number of rotatable bonds is 7. The van der Waals surface area contributed by atoms with Crippen molar-refractivity contribution in [2.75, 3.05) is 6.61 Å². The Bertz CT molecular complexity index is 490. The molecule has 1 aromatic carbocycles. The maximum absolute atomic E-state index is 12.1. The van der Waals surface area contributed by atoms with Crippen LogP contribution in [0.4, 0.5) is 0 Å². The Labute approximate surface area is 132 Å². The van der Waals surface area contributed by atoms with Crippen molar-refractivity contribution >= 4 is 11.9 Å². The van der Waals surface area contributed by atoms with E-state index in [1.807, 2.05) is 24.3 Å². The van der Waals surface area contributed by atoms with Gasteiger partial charge in [-0.05, 0) is 44.2 Å². The summed E-state index contributed by atoms with van der Waals surface area (Å²) < 4.78 is 9.99. The highest BCUT2D eigenvalue weighted by atomic mass is 16.6. The summed E-state index contributed by atoms with van der Waals surface area (Å²) in [4.78, 5) is 23.6. The van der Waals surface area contributed by atoms with Crippen LogP contribution in [0, 0.1) is 5.92 Å². The molecule has 0 saturated carbocycles. The van der Waals surface area contributed by atoms with E-state index in [9.17, 15) is 9.59 Å². The fourth-order valence-electron chi connectivity index (χ4n) is 2.13. The maximum Gasteiger partial charge on any atom is 0.347 e. The first-order valence-corrected chi connectivity index (χ1v) is 7.81. The lowest BCUT2D eigenvalue weighted by Gasteiger charge is -2.16. The van der Waals surface area contributed by atoms with Gasteiger partial charge in [-0.1, -0.05) is 38.1 Å². The summed E-state index contributed by atoms with van der Waals surface area (Å²) in [6, 6.07) is 7.96. The van der Waals surface area contributed by atoms with E-state index < -0.39 is 24.0 Å². The van der Waals surface area contributed by atoms with E-state index in [0.717, 1.165) is 12.0 Å². The third-order valence-electron chi connectivity index (χ3n) is 3.39. The van der Waals surface area contributed by atoms with E-state index in [1.165, 1.54) is 12.5 Å². The van der Waals surface area contributed by atoms with Gasteiger partial charge in [-0.3, -0.25) is 4.79 Å². The maximum atomic E-state index is 12.1. The van der Waals surface area contributed by atoms with Gasteiger partial charge in [0, 0.05) is 0 Å². The first-order valence-electron chi connectivity index (χ1n) is 7.81. The summed E-state index contributed by atoms with van der Waals surface area (Å²) in [5.74, 6) is -0.754. The normalized spacial score (nSPS) is 13.5. The number of benzene rings is 1. The zero-order valence-corrected chi connectivity index (χ0v) is 14.1. The lowest BCUT2D eigenvalue weighted by Crippen LogP contribution is -2.28. The van der Waals surface area contributed by atoms with E-state index >= 15 is 0 Å². The largest absolute Gasteiger partial charge is 0.463 e. The molecule has 0 fully saturated rings. The fraction of sp³-hybridized carbons (Fsp3) is 0.556. The zero-order valence-electron chi connectivity index (χ0n) is 14.1. The first kappa shape index (κ1) is 18.2. The average molecular weight is 306 g/mol. The summed E-state index contributed by atoms with van der Waals surface area (Å²) in [5.41, 5.74) is 2.13. The summed E-state index contributed by atoms with van der Waals surface area (Å²) >= 11 is 0. The van der Waals surface area contributed by atoms with Crippen molar-refractivity contribution in [2.24, 2.45) is 5.92 Å². The SMILES string of the molecule is CCOC(=O)[C@H](C)OC(=O)[C@@H](C)c1ccc(CC(C)C)cc1. The minimum absolute atomic E-state index is 0.271. The smallest absolute Gasteiger partial charge is 0.347 e. The van der Waals surface area contributed by atoms with E-state index in [1.54, 1.807) is 13.8 Å². The zero-order chi connectivity index (χ0) is 16.7. The topological polar surface area (TPSA) is 52.6 Å². The van der Waals surface area contributed by atoms with Gasteiger partial charge in [0.25, 0.3) is 0 Å². The van der Waals surface area contributed by atoms with Crippen molar-refractivity contribution < 1.29 is 19.1 Å². The van der Waals surface area contributed by atoms with Gasteiger partial charge in [-0.15, -0.1) is 0 Å². The number of hydrogen-bond acceptors (Lipinski definition) is 4. The van der Waals surface area contributed by atoms with Crippen LogP contribution in [0.1, 0.15) is 51.7 Å². The molecule has 22 heavy (non-hydrogen) atoms. The number of hydrogen-bond donors (Lipinski definition) is 0. The van der Waals surface area contributed by atoms with E-state index in [2.05, 4.69) is 13.8 Å². The van der Waals surface area contributed by atoms with Crippen LogP contribution < -0.4 is 0 Å². The van der Waals surface area contributed by atoms with Gasteiger partial charge in [-0.2, -0.15) is 0 Å². The summed E-state index contributed by atoms with van der Waals surface area (Å²) in [6.07, 6.45) is 0.133. The highest BCUT2D eigenvalue weighted by Crippen LogP contribution is 2.19. The Kier molecular flexibility index (Phi) is 7.09. The van der Waals surface area contributed by atoms with Crippen molar-refractivity contribution in [3.05, 3.63) is 35.4 Å². The molecular weight excluding hydrogens is 280 g/mol. The number of carbonyl (C=O) groups excluding carboxylic acids is 2. The van der Waals surface area contributed by atoms with Gasteiger partial charge in [-0.25, -0.2) is 4.79 Å². The molecule has 1 rings (SSSR count). The second-order valence-electron chi connectivity index (χ2n) is 5.89. The number of carbonyl (C=O) groups is 2. The van der Waals surface area contributed by atoms with Crippen molar-refractivity contribution in [3.63, 3.8) is 0 Å². The predicted molar refractivity (Wildman–Crippen MR) is 85.6 cm³/mol. The van der Waals surface area contributed by atoms with Crippen LogP contribution in [0.25, 0.3) is 0 Å². The van der Waals surface area contributed by atoms with Crippen LogP contribution >= 0.6 is 0 Å². The Balaban J connectivity index is 2.64. The fourth-order valence-corrected chi connectivity index (χ4v) is 2.13. The standard InChI is InChI=1S/C18H26O4/c1-6-21-18(20)14(5)22-17(19)13(4)16-9-7-15(8-10-16)11-12(2)3/h7-10,12-14H,6,11H2,1-5H3/t13-,14-/m0/s1. The molecule has 0 unspecified atom stereocenters. The molecule has 4 heteroatoms. The van der Waals surface area contributed by atoms with Gasteiger partial charge in [0.15, 0.2) is 6.10 Å². The number of ether oxygens (including phenoxy) is 2. The van der Waals surface area contributed by atoms with Crippen molar-refractivity contribution in [1.82, 2.24) is 0 Å². The molecule has 0 aliphatic rings. The minimum atomic E-state index is -0.880. The molecule has 4 nitrogen and oxygen atoms in total. The average Bonchev–Trinajstić information content (AvgIpc) is 2.46. The highest BCUT2D eigenvalue weighted by Gasteiger charge is 2.23. The Morgan fingerprint density at radius 2 is 1.59 bits per heavy atom. The monoisotopic (exact) mass is 306 g/mol. The molecular formula is C18H26O4. The second-order valence-corrected chi connectivity index (χ2v) is 5.89. The van der Waals surface area contributed by atoms with Gasteiger partial charge in [0.1, 0.15) is 0 Å². The van der Waals surface area contributed by atoms with Crippen LogP contribution in [0.3, 0.4) is 0 Å². The predicted octanol–water partition coefficient (Wildman–Crippen LogP) is 3.48. The summed E-state index contributed by atoms with van der Waals surface area (Å²) in [5, 5.41) is 0. The van der Waals surface area contributed by atoms with E-state index in [4.69, 9.17) is 9.47 Å². The molecule has 0 bridgehead atoms. The lowest BCUT2D eigenvalue weighted by atomic mass is 9.97. The van der Waals surface area contributed by atoms with Gasteiger partial charge < -0.3 is 9.47 Å². The summed E-state index contributed by atoms with van der Waals surface area (Å²) in [6.45, 7) is 9.63. The third kappa shape index (κ3) is 5.51. The van der Waals surface area contributed by atoms with Crippen molar-refractivity contribution in [2.45, 2.75) is 53.1 Å². The van der Waals surface area contributed by atoms with Gasteiger partial charge in [0.05, 0.1) is 12.5 Å². The molecule has 0 aromatic heterocycles. The van der Waals surface area contributed by atoms with Crippen molar-refractivity contribution in [3.8, 4) is 0 Å². The van der Waals surface area contributed by atoms with Crippen LogP contribution in [0.2, 0.25) is 0 Å². The number of esters is 2. The van der Waals surface area contributed by atoms with Crippen LogP contribution in [0.5, 0.6) is 0 Å². The van der Waals surface area contributed by atoms with Gasteiger partial charge >= 0.3 is 11.9 Å². The van der Waals surface area contributed by atoms with Crippen LogP contribution in [0.15, 0.2) is 24.3 Å². The molecule has 0 saturated heterocycles. The molecule has 2 atom stereocenters. The molecule has 0 N–H and O–H groups in total. The molecule has 0 aliphatic heterocycles. The Morgan fingerprint density at radius 3 is 2.09 bits per heavy atom. The minimum Gasteiger partial charge on any atom is -0.463 e. The molecule has 122 valence electrons. The Morgan fingerprint density at radius 1 is 1.00 bits per heavy atom. The summed E-state index contributed by atoms with van der Waals surface area (Å²) in [7, 11) is 0. The highest BCUT2D eigenvalue weighted by molar-refractivity contribution is 5.82. The van der Waals surface area contributed by atoms with Crippen LogP contribution in [-0.4, -0.2) is 24.6 Å². The first-order chi connectivity index (χ1) is 10.3. The van der Waals surface area contributed by atoms with Crippen molar-refractivity contribution in [1.29, 1.82) is 0 Å². The van der Waals surface area contributed by atoms with Crippen LogP contribution in [-0.2, 0) is 25.5 Å².